The molecule has 2 unspecified atom stereocenters. The molecule has 0 spiro atoms. The van der Waals surface area contributed by atoms with E-state index in [1.165, 1.54) is 18.2 Å². The fourth-order valence-electron chi connectivity index (χ4n) is 7.72. The zero-order valence-electron chi connectivity index (χ0n) is 27.3. The summed E-state index contributed by atoms with van der Waals surface area (Å²) >= 11 is 0. The second-order valence-corrected chi connectivity index (χ2v) is 14.3. The second-order valence-electron chi connectivity index (χ2n) is 14.3. The number of allylic oxidation sites excluding steroid dienone is 4. The fraction of sp³-hybridized carbons (Fsp3) is 0.571. The van der Waals surface area contributed by atoms with Gasteiger partial charge >= 0.3 is 12.1 Å². The van der Waals surface area contributed by atoms with Crippen molar-refractivity contribution < 1.29 is 31.8 Å². The van der Waals surface area contributed by atoms with E-state index in [9.17, 15) is 13.6 Å². The lowest BCUT2D eigenvalue weighted by Crippen LogP contribution is -2.57. The van der Waals surface area contributed by atoms with Crippen molar-refractivity contribution in [3.05, 3.63) is 54.4 Å². The van der Waals surface area contributed by atoms with E-state index in [1.807, 2.05) is 25.7 Å². The lowest BCUT2D eigenvalue weighted by molar-refractivity contribution is 0.0122. The smallest absolute Gasteiger partial charge is 0.410 e. The first-order valence-electron chi connectivity index (χ1n) is 16.4. The van der Waals surface area contributed by atoms with E-state index in [-0.39, 0.29) is 59.3 Å². The van der Waals surface area contributed by atoms with Gasteiger partial charge < -0.3 is 14.4 Å². The van der Waals surface area contributed by atoms with Crippen LogP contribution in [0.5, 0.6) is 6.01 Å². The average molecular weight is 658 g/mol. The average Bonchev–Trinajstić information content (AvgIpc) is 3.60. The number of amides is 1. The molecule has 8 nitrogen and oxygen atoms in total. The fourth-order valence-corrected chi connectivity index (χ4v) is 7.72. The first kappa shape index (κ1) is 33.2. The first-order chi connectivity index (χ1) is 22.2. The van der Waals surface area contributed by atoms with Gasteiger partial charge in [0.05, 0.1) is 23.2 Å². The highest BCUT2D eigenvalue weighted by molar-refractivity contribution is 5.93. The van der Waals surface area contributed by atoms with Gasteiger partial charge in [0.1, 0.15) is 41.4 Å². The van der Waals surface area contributed by atoms with Crippen LogP contribution in [0.25, 0.3) is 16.5 Å². The third kappa shape index (κ3) is 6.71. The summed E-state index contributed by atoms with van der Waals surface area (Å²) in [7, 11) is 0. The largest absolute Gasteiger partial charge is 0.461 e. The maximum Gasteiger partial charge on any atom is 0.410 e. The standard InChI is InChI=1S/C35H43F4N5O3/c1-21(9-6-7-10-22(2)36)28-27(38)15-26-30(29(28)39)40-32(46-20-35-13-8-14-43(35)17-23(37)16-35)41-31(26)42-18-24-11-12-25(19-42)44(24)33(45)47-34(3,4)5/h7,10,15,23-25H,1-2,6,8-9,11-14,16-20H2,3-5H3/b10-7-/t23-,24?,25?,35+/m1/s1. The van der Waals surface area contributed by atoms with E-state index in [2.05, 4.69) is 23.0 Å². The van der Waals surface area contributed by atoms with E-state index in [4.69, 9.17) is 14.5 Å². The summed E-state index contributed by atoms with van der Waals surface area (Å²) < 4.78 is 71.4. The molecule has 4 fully saturated rings. The van der Waals surface area contributed by atoms with Crippen LogP contribution in [0.2, 0.25) is 0 Å². The van der Waals surface area contributed by atoms with Crippen LogP contribution in [0.4, 0.5) is 28.2 Å². The molecule has 0 N–H and O–H groups in total. The van der Waals surface area contributed by atoms with Crippen molar-refractivity contribution in [1.29, 1.82) is 0 Å². The number of carbonyl (C=O) groups is 1. The number of alkyl halides is 1. The molecule has 0 radical (unpaired) electrons. The Balaban J connectivity index is 1.35. The molecule has 1 amide bonds. The van der Waals surface area contributed by atoms with Gasteiger partial charge in [0.25, 0.3) is 0 Å². The Kier molecular flexibility index (Phi) is 9.01. The number of fused-ring (bicyclic) bond motifs is 4. The van der Waals surface area contributed by atoms with Gasteiger partial charge in [-0.1, -0.05) is 19.2 Å². The van der Waals surface area contributed by atoms with Crippen molar-refractivity contribution in [3.63, 3.8) is 0 Å². The van der Waals surface area contributed by atoms with Gasteiger partial charge in [0.15, 0.2) is 5.82 Å². The van der Waals surface area contributed by atoms with Crippen LogP contribution >= 0.6 is 0 Å². The number of anilines is 1. The zero-order valence-corrected chi connectivity index (χ0v) is 27.3. The number of hydrogen-bond donors (Lipinski definition) is 0. The maximum absolute atomic E-state index is 16.4. The highest BCUT2D eigenvalue weighted by Gasteiger charge is 2.50. The van der Waals surface area contributed by atoms with Gasteiger partial charge in [-0.25, -0.2) is 22.4 Å². The SMILES string of the molecule is C=C(F)/C=C\CCC(=C)c1c(F)cc2c(N3CC4CCC(C3)N4C(=O)OC(C)(C)C)nc(OC[C@@]34CCCN3C[C@H](F)C4)nc2c1F. The van der Waals surface area contributed by atoms with Gasteiger partial charge in [-0.15, -0.1) is 0 Å². The number of rotatable bonds is 9. The quantitative estimate of drug-likeness (QED) is 0.207. The molecule has 1 aromatic carbocycles. The van der Waals surface area contributed by atoms with Crippen LogP contribution in [0.15, 0.2) is 37.2 Å². The lowest BCUT2D eigenvalue weighted by atomic mass is 9.95. The normalized spacial score (nSPS) is 26.0. The second kappa shape index (κ2) is 12.7. The number of hydrogen-bond acceptors (Lipinski definition) is 7. The monoisotopic (exact) mass is 657 g/mol. The van der Waals surface area contributed by atoms with Crippen molar-refractivity contribution >= 4 is 28.4 Å². The van der Waals surface area contributed by atoms with Crippen molar-refractivity contribution in [2.75, 3.05) is 37.7 Å². The van der Waals surface area contributed by atoms with Crippen LogP contribution in [0, 0.1) is 11.6 Å². The van der Waals surface area contributed by atoms with E-state index >= 15 is 8.78 Å². The minimum atomic E-state index is -0.949. The van der Waals surface area contributed by atoms with Gasteiger partial charge in [-0.3, -0.25) is 9.80 Å². The first-order valence-corrected chi connectivity index (χ1v) is 16.4. The Bertz CT molecular complexity index is 1600. The van der Waals surface area contributed by atoms with Crippen LogP contribution in [0.3, 0.4) is 0 Å². The number of piperazine rings is 1. The zero-order chi connectivity index (χ0) is 33.7. The van der Waals surface area contributed by atoms with E-state index in [0.29, 0.717) is 38.3 Å². The van der Waals surface area contributed by atoms with Crippen LogP contribution in [0.1, 0.15) is 71.3 Å². The molecule has 4 saturated heterocycles. The molecule has 1 aromatic heterocycles. The van der Waals surface area contributed by atoms with E-state index in [1.54, 1.807) is 4.90 Å². The highest BCUT2D eigenvalue weighted by Crippen LogP contribution is 2.42. The molecular formula is C35H43F4N5O3. The summed E-state index contributed by atoms with van der Waals surface area (Å²) in [6, 6.07) is 0.795. The summed E-state index contributed by atoms with van der Waals surface area (Å²) in [5, 5.41) is 0.174. The predicted molar refractivity (Wildman–Crippen MR) is 173 cm³/mol. The van der Waals surface area contributed by atoms with Crippen molar-refractivity contribution in [2.24, 2.45) is 0 Å². The molecule has 4 atom stereocenters. The molecule has 5 heterocycles. The van der Waals surface area contributed by atoms with Crippen LogP contribution in [-0.4, -0.2) is 88.0 Å². The van der Waals surface area contributed by atoms with Crippen LogP contribution < -0.4 is 9.64 Å². The predicted octanol–water partition coefficient (Wildman–Crippen LogP) is 7.28. The van der Waals surface area contributed by atoms with Gasteiger partial charge in [0, 0.05) is 31.4 Å². The molecule has 254 valence electrons. The minimum absolute atomic E-state index is 0.0792. The van der Waals surface area contributed by atoms with Gasteiger partial charge in [-0.05, 0) is 83.6 Å². The third-order valence-corrected chi connectivity index (χ3v) is 9.72. The molecule has 2 aromatic rings. The van der Waals surface area contributed by atoms with Crippen molar-refractivity contribution in [3.8, 4) is 6.01 Å². The number of nitrogens with zero attached hydrogens (tertiary/aromatic N) is 5. The Hall–Kier alpha value is -3.67. The molecule has 2 bridgehead atoms. The Morgan fingerprint density at radius 3 is 2.55 bits per heavy atom. The van der Waals surface area contributed by atoms with E-state index < -0.39 is 34.8 Å². The Morgan fingerprint density at radius 1 is 1.15 bits per heavy atom. The highest BCUT2D eigenvalue weighted by atomic mass is 19.1. The molecule has 4 aliphatic rings. The van der Waals surface area contributed by atoms with Crippen molar-refractivity contribution in [2.45, 2.75) is 95.1 Å². The van der Waals surface area contributed by atoms with Crippen molar-refractivity contribution in [1.82, 2.24) is 19.8 Å². The number of carbonyl (C=O) groups excluding carboxylic acids is 1. The summed E-state index contributed by atoms with van der Waals surface area (Å²) in [6.45, 7) is 14.6. The number of halogens is 4. The molecule has 0 aliphatic carbocycles. The minimum Gasteiger partial charge on any atom is -0.461 e. The Labute approximate surface area is 273 Å². The molecule has 0 saturated carbocycles. The topological polar surface area (TPSA) is 71.0 Å². The van der Waals surface area contributed by atoms with Crippen LogP contribution in [-0.2, 0) is 4.74 Å². The summed E-state index contributed by atoms with van der Waals surface area (Å²) in [5.74, 6) is -2.01. The van der Waals surface area contributed by atoms with E-state index in [0.717, 1.165) is 32.2 Å². The number of ether oxygens (including phenoxy) is 2. The molecule has 12 heteroatoms. The molecule has 6 rings (SSSR count). The maximum atomic E-state index is 16.4. The molecule has 47 heavy (non-hydrogen) atoms. The summed E-state index contributed by atoms with van der Waals surface area (Å²) in [5.41, 5.74) is -1.34. The summed E-state index contributed by atoms with van der Waals surface area (Å²) in [6.07, 6.45) is 5.44. The molecule has 4 aliphatic heterocycles. The molecular weight excluding hydrogens is 614 g/mol. The Morgan fingerprint density at radius 2 is 1.87 bits per heavy atom. The third-order valence-electron chi connectivity index (χ3n) is 9.72. The number of benzene rings is 1. The van der Waals surface area contributed by atoms with Gasteiger partial charge in [0.2, 0.25) is 0 Å². The van der Waals surface area contributed by atoms with Gasteiger partial charge in [-0.2, -0.15) is 9.97 Å². The number of aromatic nitrogens is 2. The lowest BCUT2D eigenvalue weighted by Gasteiger charge is -2.42. The summed E-state index contributed by atoms with van der Waals surface area (Å²) in [4.78, 5) is 28.1.